The minimum atomic E-state index is -0.133. The Balaban J connectivity index is 1.06. The summed E-state index contributed by atoms with van der Waals surface area (Å²) in [6.07, 6.45) is 0. The lowest BCUT2D eigenvalue weighted by molar-refractivity contribution is 0.658. The molecule has 0 radical (unpaired) electrons. The van der Waals surface area contributed by atoms with Crippen LogP contribution in [0, 0.1) is 0 Å². The van der Waals surface area contributed by atoms with Gasteiger partial charge in [0.05, 0.1) is 0 Å². The maximum absolute atomic E-state index is 6.33. The van der Waals surface area contributed by atoms with Gasteiger partial charge in [-0.2, -0.15) is 0 Å². The largest absolute Gasteiger partial charge is 0.456 e. The summed E-state index contributed by atoms with van der Waals surface area (Å²) >= 11 is 0. The van der Waals surface area contributed by atoms with Crippen LogP contribution in [-0.2, 0) is 5.41 Å². The summed E-state index contributed by atoms with van der Waals surface area (Å²) in [4.78, 5) is 15.0. The van der Waals surface area contributed by atoms with Crippen LogP contribution in [-0.4, -0.2) is 15.0 Å². The second kappa shape index (κ2) is 11.7. The van der Waals surface area contributed by atoms with Gasteiger partial charge in [-0.25, -0.2) is 15.0 Å². The van der Waals surface area contributed by atoms with Crippen LogP contribution in [0.15, 0.2) is 168 Å². The van der Waals surface area contributed by atoms with Crippen molar-refractivity contribution in [3.63, 3.8) is 0 Å². The molecule has 0 atom stereocenters. The molecule has 4 nitrogen and oxygen atoms in total. The average Bonchev–Trinajstić information content (AvgIpc) is 3.68. The summed E-state index contributed by atoms with van der Waals surface area (Å²) < 4.78 is 6.33. The Bertz CT molecular complexity index is 2800. The van der Waals surface area contributed by atoms with Crippen molar-refractivity contribution < 1.29 is 4.42 Å². The van der Waals surface area contributed by atoms with E-state index in [0.717, 1.165) is 49.9 Å². The molecule has 2 aromatic heterocycles. The van der Waals surface area contributed by atoms with E-state index in [2.05, 4.69) is 129 Å². The van der Waals surface area contributed by atoms with E-state index in [1.807, 2.05) is 48.5 Å². The molecule has 0 fully saturated rings. The van der Waals surface area contributed by atoms with Crippen molar-refractivity contribution in [1.82, 2.24) is 15.0 Å². The first kappa shape index (κ1) is 30.2. The number of benzene rings is 7. The van der Waals surface area contributed by atoms with E-state index in [1.165, 1.54) is 33.2 Å². The first-order chi connectivity index (χ1) is 25.5. The Hall–Kier alpha value is -6.65. The first-order valence-corrected chi connectivity index (χ1v) is 17.7. The van der Waals surface area contributed by atoms with E-state index in [4.69, 9.17) is 19.4 Å². The van der Waals surface area contributed by atoms with E-state index >= 15 is 0 Å². The second-order valence-electron chi connectivity index (χ2n) is 14.1. The van der Waals surface area contributed by atoms with E-state index < -0.39 is 0 Å². The summed E-state index contributed by atoms with van der Waals surface area (Å²) in [7, 11) is 0. The van der Waals surface area contributed by atoms with Crippen LogP contribution in [0.2, 0.25) is 0 Å². The van der Waals surface area contributed by atoms with Gasteiger partial charge in [0.15, 0.2) is 17.5 Å². The van der Waals surface area contributed by atoms with Gasteiger partial charge in [0.25, 0.3) is 0 Å². The topological polar surface area (TPSA) is 51.8 Å². The molecule has 52 heavy (non-hydrogen) atoms. The number of hydrogen-bond donors (Lipinski definition) is 0. The standard InChI is InChI=1S/C48H33N3O/c1-48(2)41-25-24-35(27-38(41)39-29-44-40(28-42(39)48)37-18-9-10-19-43(37)52-44)34-16-11-17-36(26-34)47-50-45(32-14-7-4-8-15-32)49-46(51-47)33-22-20-31(21-23-33)30-12-5-3-6-13-30/h3-29H,1-2H3. The maximum atomic E-state index is 6.33. The third-order valence-electron chi connectivity index (χ3n) is 10.5. The number of fused-ring (bicyclic) bond motifs is 6. The van der Waals surface area contributed by atoms with Gasteiger partial charge < -0.3 is 4.42 Å². The maximum Gasteiger partial charge on any atom is 0.164 e. The zero-order chi connectivity index (χ0) is 34.8. The van der Waals surface area contributed by atoms with Gasteiger partial charge in [-0.3, -0.25) is 0 Å². The molecule has 0 amide bonds. The fourth-order valence-corrected chi connectivity index (χ4v) is 7.78. The molecule has 9 aromatic rings. The lowest BCUT2D eigenvalue weighted by Gasteiger charge is -2.21. The van der Waals surface area contributed by atoms with Crippen LogP contribution in [0.25, 0.3) is 89.5 Å². The van der Waals surface area contributed by atoms with Crippen molar-refractivity contribution in [2.24, 2.45) is 0 Å². The highest BCUT2D eigenvalue weighted by molar-refractivity contribution is 6.07. The van der Waals surface area contributed by atoms with Crippen LogP contribution in [0.5, 0.6) is 0 Å². The lowest BCUT2D eigenvalue weighted by atomic mass is 9.81. The minimum Gasteiger partial charge on any atom is -0.456 e. The van der Waals surface area contributed by atoms with Gasteiger partial charge in [0.1, 0.15) is 11.2 Å². The number of nitrogens with zero attached hydrogens (tertiary/aromatic N) is 3. The van der Waals surface area contributed by atoms with Crippen molar-refractivity contribution in [3.05, 3.63) is 175 Å². The molecule has 4 heteroatoms. The predicted octanol–water partition coefficient (Wildman–Crippen LogP) is 12.4. The third kappa shape index (κ3) is 4.95. The molecular formula is C48H33N3O. The molecule has 2 heterocycles. The summed E-state index contributed by atoms with van der Waals surface area (Å²) in [5, 5.41) is 2.33. The lowest BCUT2D eigenvalue weighted by Crippen LogP contribution is -2.14. The highest BCUT2D eigenvalue weighted by atomic mass is 16.3. The summed E-state index contributed by atoms with van der Waals surface area (Å²) in [6.45, 7) is 4.65. The molecule has 0 aliphatic heterocycles. The van der Waals surface area contributed by atoms with Gasteiger partial charge in [0, 0.05) is 32.9 Å². The molecule has 0 saturated heterocycles. The fraction of sp³-hybridized carbons (Fsp3) is 0.0625. The number of aromatic nitrogens is 3. The molecule has 0 unspecified atom stereocenters. The van der Waals surface area contributed by atoms with Crippen molar-refractivity contribution >= 4 is 21.9 Å². The average molecular weight is 668 g/mol. The van der Waals surface area contributed by atoms with E-state index in [1.54, 1.807) is 0 Å². The number of para-hydroxylation sites is 1. The highest BCUT2D eigenvalue weighted by Gasteiger charge is 2.36. The molecule has 1 aliphatic carbocycles. The Kier molecular flexibility index (Phi) is 6.80. The number of rotatable bonds is 5. The highest BCUT2D eigenvalue weighted by Crippen LogP contribution is 2.51. The first-order valence-electron chi connectivity index (χ1n) is 17.7. The fourth-order valence-electron chi connectivity index (χ4n) is 7.78. The van der Waals surface area contributed by atoms with Gasteiger partial charge >= 0.3 is 0 Å². The molecule has 0 N–H and O–H groups in total. The number of furan rings is 1. The Morgan fingerprint density at radius 1 is 0.365 bits per heavy atom. The molecule has 0 spiro atoms. The summed E-state index contributed by atoms with van der Waals surface area (Å²) in [5.74, 6) is 1.92. The van der Waals surface area contributed by atoms with Gasteiger partial charge in [-0.05, 0) is 74.8 Å². The third-order valence-corrected chi connectivity index (χ3v) is 10.5. The monoisotopic (exact) mass is 667 g/mol. The Morgan fingerprint density at radius 2 is 0.885 bits per heavy atom. The van der Waals surface area contributed by atoms with E-state index in [-0.39, 0.29) is 5.41 Å². The summed E-state index contributed by atoms with van der Waals surface area (Å²) in [5.41, 5.74) is 14.2. The normalized spacial score (nSPS) is 13.0. The minimum absolute atomic E-state index is 0.133. The summed E-state index contributed by atoms with van der Waals surface area (Å²) in [6, 6.07) is 57.2. The molecular weight excluding hydrogens is 635 g/mol. The van der Waals surface area contributed by atoms with Gasteiger partial charge in [-0.15, -0.1) is 0 Å². The molecule has 246 valence electrons. The second-order valence-corrected chi connectivity index (χ2v) is 14.1. The smallest absolute Gasteiger partial charge is 0.164 e. The predicted molar refractivity (Wildman–Crippen MR) is 212 cm³/mol. The zero-order valence-corrected chi connectivity index (χ0v) is 28.8. The molecule has 1 aliphatic rings. The van der Waals surface area contributed by atoms with Crippen molar-refractivity contribution in [3.8, 4) is 67.5 Å². The number of hydrogen-bond acceptors (Lipinski definition) is 4. The molecule has 0 saturated carbocycles. The molecule has 0 bridgehead atoms. The van der Waals surface area contributed by atoms with Crippen LogP contribution < -0.4 is 0 Å². The molecule has 10 rings (SSSR count). The van der Waals surface area contributed by atoms with Crippen LogP contribution >= 0.6 is 0 Å². The molecule has 7 aromatic carbocycles. The van der Waals surface area contributed by atoms with Crippen LogP contribution in [0.3, 0.4) is 0 Å². The van der Waals surface area contributed by atoms with Crippen molar-refractivity contribution in [1.29, 1.82) is 0 Å². The van der Waals surface area contributed by atoms with E-state index in [0.29, 0.717) is 17.5 Å². The quantitative estimate of drug-likeness (QED) is 0.183. The van der Waals surface area contributed by atoms with Crippen LogP contribution in [0.4, 0.5) is 0 Å². The van der Waals surface area contributed by atoms with Gasteiger partial charge in [0.2, 0.25) is 0 Å². The SMILES string of the molecule is CC1(C)c2ccc(-c3cccc(-c4nc(-c5ccccc5)nc(-c5ccc(-c6ccccc6)cc5)n4)c3)cc2-c2cc3oc4ccccc4c3cc21. The Morgan fingerprint density at radius 3 is 1.63 bits per heavy atom. The van der Waals surface area contributed by atoms with Crippen molar-refractivity contribution in [2.45, 2.75) is 19.3 Å². The van der Waals surface area contributed by atoms with Crippen molar-refractivity contribution in [2.75, 3.05) is 0 Å². The van der Waals surface area contributed by atoms with E-state index in [9.17, 15) is 0 Å². The van der Waals surface area contributed by atoms with Gasteiger partial charge in [-0.1, -0.05) is 147 Å². The zero-order valence-electron chi connectivity index (χ0n) is 28.8. The Labute approximate surface area is 302 Å². The van der Waals surface area contributed by atoms with Crippen LogP contribution in [0.1, 0.15) is 25.0 Å².